The first-order valence-corrected chi connectivity index (χ1v) is 6.72. The Balaban J connectivity index is 1.69. The van der Waals surface area contributed by atoms with Crippen molar-refractivity contribution in [2.45, 2.75) is 44.3 Å². The Morgan fingerprint density at radius 2 is 2.00 bits per heavy atom. The van der Waals surface area contributed by atoms with Crippen molar-refractivity contribution in [3.8, 4) is 0 Å². The molecule has 3 heteroatoms. The molecule has 2 saturated heterocycles. The molecule has 2 N–H and O–H groups in total. The van der Waals surface area contributed by atoms with Crippen LogP contribution in [0.5, 0.6) is 0 Å². The number of fused-ring (bicyclic) bond motifs is 2. The summed E-state index contributed by atoms with van der Waals surface area (Å²) in [6.45, 7) is 1.89. The van der Waals surface area contributed by atoms with Gasteiger partial charge in [-0.15, -0.1) is 0 Å². The van der Waals surface area contributed by atoms with E-state index in [4.69, 9.17) is 5.73 Å². The van der Waals surface area contributed by atoms with E-state index >= 15 is 0 Å². The molecule has 0 radical (unpaired) electrons. The molecule has 0 spiro atoms. The van der Waals surface area contributed by atoms with Crippen molar-refractivity contribution >= 4 is 0 Å². The van der Waals surface area contributed by atoms with Crippen molar-refractivity contribution in [1.29, 1.82) is 0 Å². The predicted octanol–water partition coefficient (Wildman–Crippen LogP) is 1.78. The van der Waals surface area contributed by atoms with Crippen LogP contribution in [-0.4, -0.2) is 28.5 Å². The van der Waals surface area contributed by atoms with E-state index in [1.165, 1.54) is 31.4 Å². The molecule has 2 aliphatic heterocycles. The molecular weight excluding hydrogens is 210 g/mol. The number of hydrogen-bond acceptors (Lipinski definition) is 3. The van der Waals surface area contributed by atoms with Crippen LogP contribution in [0.2, 0.25) is 0 Å². The summed E-state index contributed by atoms with van der Waals surface area (Å²) in [4.78, 5) is 7.10. The van der Waals surface area contributed by atoms with Crippen molar-refractivity contribution < 1.29 is 0 Å². The quantitative estimate of drug-likeness (QED) is 0.862. The van der Waals surface area contributed by atoms with E-state index in [1.807, 2.05) is 12.3 Å². The fourth-order valence-electron chi connectivity index (χ4n) is 3.52. The number of nitrogens with zero attached hydrogens (tertiary/aromatic N) is 2. The summed E-state index contributed by atoms with van der Waals surface area (Å²) in [5.74, 6) is 0.757. The highest BCUT2D eigenvalue weighted by molar-refractivity contribution is 5.06. The van der Waals surface area contributed by atoms with Gasteiger partial charge in [0.1, 0.15) is 0 Å². The van der Waals surface area contributed by atoms with Gasteiger partial charge < -0.3 is 5.73 Å². The summed E-state index contributed by atoms with van der Waals surface area (Å²) in [7, 11) is 0. The number of aromatic nitrogens is 1. The van der Waals surface area contributed by atoms with Crippen LogP contribution in [0.4, 0.5) is 0 Å². The van der Waals surface area contributed by atoms with E-state index in [-0.39, 0.29) is 0 Å². The molecule has 1 aromatic rings. The summed E-state index contributed by atoms with van der Waals surface area (Å²) in [5.41, 5.74) is 7.03. The molecule has 2 fully saturated rings. The van der Waals surface area contributed by atoms with Crippen LogP contribution in [-0.2, 0) is 6.54 Å². The molecule has 0 amide bonds. The lowest BCUT2D eigenvalue weighted by Crippen LogP contribution is -2.43. The lowest BCUT2D eigenvalue weighted by Gasteiger charge is -2.38. The van der Waals surface area contributed by atoms with Gasteiger partial charge in [0.2, 0.25) is 0 Å². The van der Waals surface area contributed by atoms with Crippen molar-refractivity contribution in [2.24, 2.45) is 11.7 Å². The summed E-state index contributed by atoms with van der Waals surface area (Å²) in [5, 5.41) is 0. The maximum Gasteiger partial charge on any atom is 0.0544 e. The van der Waals surface area contributed by atoms with Gasteiger partial charge in [-0.25, -0.2) is 0 Å². The van der Waals surface area contributed by atoms with Gasteiger partial charge in [0.25, 0.3) is 0 Å². The van der Waals surface area contributed by atoms with Crippen molar-refractivity contribution in [3.63, 3.8) is 0 Å². The van der Waals surface area contributed by atoms with Gasteiger partial charge in [-0.3, -0.25) is 9.88 Å². The van der Waals surface area contributed by atoms with Crippen LogP contribution < -0.4 is 5.73 Å². The third kappa shape index (κ3) is 2.22. The molecule has 2 aliphatic rings. The molecule has 2 atom stereocenters. The first-order chi connectivity index (χ1) is 8.36. The summed E-state index contributed by atoms with van der Waals surface area (Å²) in [6.07, 6.45) is 7.19. The minimum atomic E-state index is 0.754. The van der Waals surface area contributed by atoms with Gasteiger partial charge in [-0.1, -0.05) is 6.07 Å². The first kappa shape index (κ1) is 11.2. The Bertz CT molecular complexity index is 351. The third-order valence-electron chi connectivity index (χ3n) is 4.39. The van der Waals surface area contributed by atoms with Gasteiger partial charge in [-0.05, 0) is 50.3 Å². The molecule has 0 aromatic carbocycles. The normalized spacial score (nSPS) is 32.9. The van der Waals surface area contributed by atoms with Crippen LogP contribution in [0, 0.1) is 5.92 Å². The van der Waals surface area contributed by atoms with Gasteiger partial charge >= 0.3 is 0 Å². The molecular formula is C14H21N3. The lowest BCUT2D eigenvalue weighted by atomic mass is 9.91. The Morgan fingerprint density at radius 3 is 2.59 bits per heavy atom. The molecule has 0 aliphatic carbocycles. The monoisotopic (exact) mass is 231 g/mol. The average molecular weight is 231 g/mol. The number of piperidine rings is 1. The summed E-state index contributed by atoms with van der Waals surface area (Å²) < 4.78 is 0. The van der Waals surface area contributed by atoms with Crippen LogP contribution in [0.1, 0.15) is 31.4 Å². The van der Waals surface area contributed by atoms with E-state index in [0.29, 0.717) is 0 Å². The second-order valence-corrected chi connectivity index (χ2v) is 5.45. The lowest BCUT2D eigenvalue weighted by molar-refractivity contribution is 0.0975. The molecule has 3 nitrogen and oxygen atoms in total. The number of hydrogen-bond donors (Lipinski definition) is 1. The number of pyridine rings is 1. The largest absolute Gasteiger partial charge is 0.330 e. The second kappa shape index (κ2) is 4.75. The Kier molecular flexibility index (Phi) is 3.12. The van der Waals surface area contributed by atoms with Crippen LogP contribution in [0.3, 0.4) is 0 Å². The summed E-state index contributed by atoms with van der Waals surface area (Å²) >= 11 is 0. The van der Waals surface area contributed by atoms with Gasteiger partial charge in [0, 0.05) is 24.8 Å². The third-order valence-corrected chi connectivity index (χ3v) is 4.39. The van der Waals surface area contributed by atoms with E-state index < -0.39 is 0 Å². The zero-order chi connectivity index (χ0) is 11.7. The molecule has 92 valence electrons. The maximum atomic E-state index is 5.82. The molecule has 17 heavy (non-hydrogen) atoms. The number of rotatable bonds is 3. The number of nitrogens with two attached hydrogens (primary N) is 1. The molecule has 2 bridgehead atoms. The fourth-order valence-corrected chi connectivity index (χ4v) is 3.52. The highest BCUT2D eigenvalue weighted by Gasteiger charge is 2.39. The van der Waals surface area contributed by atoms with Crippen molar-refractivity contribution in [1.82, 2.24) is 9.88 Å². The molecule has 2 unspecified atom stereocenters. The Hall–Kier alpha value is -0.930. The van der Waals surface area contributed by atoms with Gasteiger partial charge in [-0.2, -0.15) is 0 Å². The van der Waals surface area contributed by atoms with Crippen LogP contribution in [0.15, 0.2) is 24.4 Å². The topological polar surface area (TPSA) is 42.1 Å². The van der Waals surface area contributed by atoms with E-state index in [9.17, 15) is 0 Å². The minimum absolute atomic E-state index is 0.754. The first-order valence-electron chi connectivity index (χ1n) is 6.72. The molecule has 3 rings (SSSR count). The van der Waals surface area contributed by atoms with E-state index in [2.05, 4.69) is 22.0 Å². The van der Waals surface area contributed by atoms with Gasteiger partial charge in [0.15, 0.2) is 0 Å². The van der Waals surface area contributed by atoms with Crippen molar-refractivity contribution in [2.75, 3.05) is 6.54 Å². The zero-order valence-electron chi connectivity index (χ0n) is 10.3. The zero-order valence-corrected chi connectivity index (χ0v) is 10.3. The van der Waals surface area contributed by atoms with Crippen molar-refractivity contribution in [3.05, 3.63) is 30.1 Å². The molecule has 3 heterocycles. The molecule has 1 aromatic heterocycles. The standard InChI is InChI=1S/C14H21N3/c15-9-11-7-13-4-5-14(8-11)17(13)10-12-3-1-2-6-16-12/h1-3,6,11,13-14H,4-5,7-10,15H2. The second-order valence-electron chi connectivity index (χ2n) is 5.45. The van der Waals surface area contributed by atoms with Crippen LogP contribution >= 0.6 is 0 Å². The van der Waals surface area contributed by atoms with E-state index in [1.54, 1.807) is 0 Å². The highest BCUT2D eigenvalue weighted by atomic mass is 15.2. The highest BCUT2D eigenvalue weighted by Crippen LogP contribution is 2.38. The Morgan fingerprint density at radius 1 is 1.24 bits per heavy atom. The van der Waals surface area contributed by atoms with Crippen LogP contribution in [0.25, 0.3) is 0 Å². The fraction of sp³-hybridized carbons (Fsp3) is 0.643. The molecule has 0 saturated carbocycles. The maximum absolute atomic E-state index is 5.82. The SMILES string of the molecule is NCC1CC2CCC(C1)N2Cc1ccccn1. The minimum Gasteiger partial charge on any atom is -0.330 e. The predicted molar refractivity (Wildman–Crippen MR) is 68.4 cm³/mol. The summed E-state index contributed by atoms with van der Waals surface area (Å²) in [6, 6.07) is 7.71. The average Bonchev–Trinajstić information content (AvgIpc) is 2.63. The van der Waals surface area contributed by atoms with Gasteiger partial charge in [0.05, 0.1) is 5.69 Å². The Labute approximate surface area is 103 Å². The smallest absolute Gasteiger partial charge is 0.0544 e. The van der Waals surface area contributed by atoms with E-state index in [0.717, 1.165) is 31.1 Å².